The van der Waals surface area contributed by atoms with E-state index in [9.17, 15) is 4.79 Å². The van der Waals surface area contributed by atoms with E-state index < -0.39 is 0 Å². The number of ether oxygens (including phenoxy) is 1. The van der Waals surface area contributed by atoms with Gasteiger partial charge in [-0.1, -0.05) is 25.4 Å². The maximum atomic E-state index is 11.4. The van der Waals surface area contributed by atoms with Gasteiger partial charge in [-0.15, -0.1) is 0 Å². The van der Waals surface area contributed by atoms with Crippen molar-refractivity contribution in [3.63, 3.8) is 0 Å². The van der Waals surface area contributed by atoms with Crippen LogP contribution < -0.4 is 10.2 Å². The smallest absolute Gasteiger partial charge is 0.312 e. The van der Waals surface area contributed by atoms with Crippen LogP contribution in [0.3, 0.4) is 0 Å². The summed E-state index contributed by atoms with van der Waals surface area (Å²) in [6, 6.07) is 3.64. The van der Waals surface area contributed by atoms with E-state index in [-0.39, 0.29) is 11.4 Å². The predicted molar refractivity (Wildman–Crippen MR) is 59.8 cm³/mol. The van der Waals surface area contributed by atoms with Crippen LogP contribution in [0.2, 0.25) is 0 Å². The summed E-state index contributed by atoms with van der Waals surface area (Å²) in [5.74, 6) is 0.436. The van der Waals surface area contributed by atoms with Crippen LogP contribution >= 0.6 is 0 Å². The third-order valence-corrected chi connectivity index (χ3v) is 2.81. The molecule has 0 saturated heterocycles. The van der Waals surface area contributed by atoms with Gasteiger partial charge >= 0.3 is 5.97 Å². The van der Waals surface area contributed by atoms with E-state index in [1.165, 1.54) is 0 Å². The first-order valence-electron chi connectivity index (χ1n) is 5.01. The summed E-state index contributed by atoms with van der Waals surface area (Å²) in [6.07, 6.45) is 0.421. The second-order valence-electron chi connectivity index (χ2n) is 4.75. The zero-order chi connectivity index (χ0) is 11.2. The molecular formula is C12H13BO2. The van der Waals surface area contributed by atoms with Crippen LogP contribution in [0.15, 0.2) is 12.1 Å². The van der Waals surface area contributed by atoms with Crippen molar-refractivity contribution in [1.82, 2.24) is 0 Å². The van der Waals surface area contributed by atoms with Crippen molar-refractivity contribution in [1.29, 1.82) is 0 Å². The normalized spacial score (nSPS) is 18.2. The Morgan fingerprint density at radius 1 is 1.40 bits per heavy atom. The van der Waals surface area contributed by atoms with Crippen molar-refractivity contribution in [3.05, 3.63) is 23.3 Å². The van der Waals surface area contributed by atoms with Crippen LogP contribution in [0.25, 0.3) is 0 Å². The molecule has 0 bridgehead atoms. The number of carbonyl (C=O) groups is 1. The first kappa shape index (κ1) is 10.3. The zero-order valence-corrected chi connectivity index (χ0v) is 9.26. The third-order valence-electron chi connectivity index (χ3n) is 2.81. The van der Waals surface area contributed by atoms with Gasteiger partial charge < -0.3 is 4.74 Å². The number of carbonyl (C=O) groups excluding carboxylic acids is 1. The zero-order valence-electron chi connectivity index (χ0n) is 9.26. The molecule has 2 radical (unpaired) electrons. The number of hydrogen-bond donors (Lipinski definition) is 0. The summed E-state index contributed by atoms with van der Waals surface area (Å²) in [6.45, 7) is 6.10. The van der Waals surface area contributed by atoms with Crippen molar-refractivity contribution in [2.75, 3.05) is 0 Å². The highest BCUT2D eigenvalue weighted by Gasteiger charge is 2.34. The fraction of sp³-hybridized carbons (Fsp3) is 0.417. The molecular weight excluding hydrogens is 187 g/mol. The molecule has 76 valence electrons. The quantitative estimate of drug-likeness (QED) is 0.359. The number of benzene rings is 1. The number of rotatable bonds is 0. The van der Waals surface area contributed by atoms with E-state index >= 15 is 0 Å². The Labute approximate surface area is 91.0 Å². The Morgan fingerprint density at radius 3 is 2.73 bits per heavy atom. The Balaban J connectivity index is 2.67. The van der Waals surface area contributed by atoms with Gasteiger partial charge in [0, 0.05) is 11.0 Å². The molecule has 0 aromatic heterocycles. The molecule has 2 rings (SSSR count). The summed E-state index contributed by atoms with van der Waals surface area (Å²) < 4.78 is 5.21. The molecule has 15 heavy (non-hydrogen) atoms. The standard InChI is InChI=1S/C12H13BO2/c1-7-4-8(13)5-9-11(7)12(2,3)6-10(14)15-9/h4-5H,6H2,1-3H3. The largest absolute Gasteiger partial charge is 0.426 e. The maximum Gasteiger partial charge on any atom is 0.312 e. The van der Waals surface area contributed by atoms with Gasteiger partial charge in [-0.25, -0.2) is 0 Å². The summed E-state index contributed by atoms with van der Waals surface area (Å²) in [4.78, 5) is 11.4. The number of aryl methyl sites for hydroxylation is 1. The molecule has 1 heterocycles. The Kier molecular flexibility index (Phi) is 2.14. The fourth-order valence-corrected chi connectivity index (χ4v) is 2.34. The average Bonchev–Trinajstić information content (AvgIpc) is 1.97. The lowest BCUT2D eigenvalue weighted by molar-refractivity contribution is -0.136. The minimum absolute atomic E-state index is 0.164. The van der Waals surface area contributed by atoms with E-state index in [2.05, 4.69) is 13.8 Å². The maximum absolute atomic E-state index is 11.4. The predicted octanol–water partition coefficient (Wildman–Crippen LogP) is 1.38. The molecule has 0 saturated carbocycles. The molecule has 0 amide bonds. The van der Waals surface area contributed by atoms with E-state index in [1.54, 1.807) is 6.07 Å². The van der Waals surface area contributed by atoms with Gasteiger partial charge in [-0.3, -0.25) is 4.79 Å². The molecule has 1 aromatic rings. The molecule has 1 aliphatic heterocycles. The molecule has 0 fully saturated rings. The third kappa shape index (κ3) is 1.67. The lowest BCUT2D eigenvalue weighted by Gasteiger charge is -2.32. The first-order chi connectivity index (χ1) is 6.90. The molecule has 0 spiro atoms. The van der Waals surface area contributed by atoms with Gasteiger partial charge in [0.25, 0.3) is 0 Å². The van der Waals surface area contributed by atoms with Gasteiger partial charge in [0.15, 0.2) is 0 Å². The number of esters is 1. The average molecular weight is 200 g/mol. The van der Waals surface area contributed by atoms with Crippen LogP contribution in [-0.2, 0) is 10.2 Å². The van der Waals surface area contributed by atoms with Gasteiger partial charge in [-0.05, 0) is 18.6 Å². The molecule has 3 heteroatoms. The number of hydrogen-bond acceptors (Lipinski definition) is 2. The summed E-state index contributed by atoms with van der Waals surface area (Å²) in [5, 5.41) is 0. The lowest BCUT2D eigenvalue weighted by atomic mass is 9.75. The van der Waals surface area contributed by atoms with E-state index in [1.807, 2.05) is 13.0 Å². The highest BCUT2D eigenvalue weighted by molar-refractivity contribution is 6.32. The van der Waals surface area contributed by atoms with Crippen LogP contribution in [0.5, 0.6) is 5.75 Å². The molecule has 2 nitrogen and oxygen atoms in total. The monoisotopic (exact) mass is 200 g/mol. The molecule has 0 N–H and O–H groups in total. The Morgan fingerprint density at radius 2 is 2.07 bits per heavy atom. The van der Waals surface area contributed by atoms with Crippen molar-refractivity contribution in [2.45, 2.75) is 32.6 Å². The van der Waals surface area contributed by atoms with Gasteiger partial charge in [-0.2, -0.15) is 0 Å². The molecule has 0 atom stereocenters. The minimum Gasteiger partial charge on any atom is -0.426 e. The molecule has 1 aliphatic rings. The van der Waals surface area contributed by atoms with Gasteiger partial charge in [0.05, 0.1) is 6.42 Å². The second-order valence-corrected chi connectivity index (χ2v) is 4.75. The Bertz CT molecular complexity index is 435. The fourth-order valence-electron chi connectivity index (χ4n) is 2.34. The highest BCUT2D eigenvalue weighted by atomic mass is 16.5. The minimum atomic E-state index is -0.183. The second kappa shape index (κ2) is 3.12. The van der Waals surface area contributed by atoms with Crippen LogP contribution in [-0.4, -0.2) is 13.8 Å². The lowest BCUT2D eigenvalue weighted by Crippen LogP contribution is -2.32. The summed E-state index contributed by atoms with van der Waals surface area (Å²) in [5.41, 5.74) is 2.65. The van der Waals surface area contributed by atoms with Crippen LogP contribution in [0.4, 0.5) is 0 Å². The molecule has 1 aromatic carbocycles. The van der Waals surface area contributed by atoms with Crippen molar-refractivity contribution in [3.8, 4) is 5.75 Å². The SMILES string of the molecule is [B]c1cc(C)c2c(c1)OC(=O)CC2(C)C. The number of fused-ring (bicyclic) bond motifs is 1. The van der Waals surface area contributed by atoms with E-state index in [0.717, 1.165) is 11.1 Å². The van der Waals surface area contributed by atoms with Gasteiger partial charge in [0.1, 0.15) is 13.6 Å². The van der Waals surface area contributed by atoms with Crippen molar-refractivity contribution in [2.24, 2.45) is 0 Å². The summed E-state index contributed by atoms with van der Waals surface area (Å²) in [7, 11) is 5.73. The molecule has 0 unspecified atom stereocenters. The van der Waals surface area contributed by atoms with Crippen LogP contribution in [0, 0.1) is 6.92 Å². The summed E-state index contributed by atoms with van der Waals surface area (Å²) >= 11 is 0. The molecule has 0 aliphatic carbocycles. The topological polar surface area (TPSA) is 26.3 Å². The van der Waals surface area contributed by atoms with Gasteiger partial charge in [0.2, 0.25) is 0 Å². The van der Waals surface area contributed by atoms with E-state index in [0.29, 0.717) is 17.6 Å². The van der Waals surface area contributed by atoms with Crippen LogP contribution in [0.1, 0.15) is 31.4 Å². The van der Waals surface area contributed by atoms with Crippen molar-refractivity contribution < 1.29 is 9.53 Å². The first-order valence-corrected chi connectivity index (χ1v) is 5.01. The Hall–Kier alpha value is -1.25. The highest BCUT2D eigenvalue weighted by Crippen LogP contribution is 2.40. The van der Waals surface area contributed by atoms with E-state index in [4.69, 9.17) is 12.6 Å². The van der Waals surface area contributed by atoms with Crippen molar-refractivity contribution >= 4 is 19.3 Å².